The summed E-state index contributed by atoms with van der Waals surface area (Å²) in [5.41, 5.74) is 1.66. The molecule has 4 rings (SSSR count). The maximum atomic E-state index is 13.2. The van der Waals surface area contributed by atoms with Crippen LogP contribution in [-0.2, 0) is 16.4 Å². The third-order valence-corrected chi connectivity index (χ3v) is 7.59. The van der Waals surface area contributed by atoms with Crippen LogP contribution in [0, 0.1) is 10.1 Å². The molecule has 1 fully saturated rings. The summed E-state index contributed by atoms with van der Waals surface area (Å²) in [4.78, 5) is 25.0. The number of carbonyl (C=O) groups excluding carboxylic acids is 1. The number of aromatic nitrogens is 2. The molecule has 3 aromatic rings. The molecule has 1 aromatic heterocycles. The molecule has 0 bridgehead atoms. The Bertz CT molecular complexity index is 1280. The van der Waals surface area contributed by atoms with Gasteiger partial charge in [0.25, 0.3) is 11.6 Å². The summed E-state index contributed by atoms with van der Waals surface area (Å²) < 4.78 is 29.0. The molecule has 0 spiro atoms. The molecule has 0 unspecified atom stereocenters. The van der Waals surface area contributed by atoms with Gasteiger partial charge in [0.05, 0.1) is 28.1 Å². The van der Waals surface area contributed by atoms with E-state index in [4.69, 9.17) is 0 Å². The standard InChI is InChI=1S/C22H23N5O5S/c1-2-19-18(16-23-26(19)17-8-4-3-5-9-17)22(28)24-12-14-25(15-13-24)33(31,32)21-11-7-6-10-20(21)27(29)30/h3-11,16H,2,12-15H2,1H3. The quantitative estimate of drug-likeness (QED) is 0.404. The molecule has 2 aromatic carbocycles. The molecule has 11 heteroatoms. The van der Waals surface area contributed by atoms with Gasteiger partial charge in [-0.3, -0.25) is 14.9 Å². The van der Waals surface area contributed by atoms with Crippen molar-refractivity contribution < 1.29 is 18.1 Å². The third kappa shape index (κ3) is 4.24. The van der Waals surface area contributed by atoms with E-state index in [2.05, 4.69) is 5.10 Å². The summed E-state index contributed by atoms with van der Waals surface area (Å²) in [5, 5.41) is 15.7. The highest BCUT2D eigenvalue weighted by Gasteiger charge is 2.35. The van der Waals surface area contributed by atoms with Gasteiger partial charge in [0.2, 0.25) is 10.0 Å². The summed E-state index contributed by atoms with van der Waals surface area (Å²) in [7, 11) is -4.06. The van der Waals surface area contributed by atoms with Crippen LogP contribution in [0.2, 0.25) is 0 Å². The van der Waals surface area contributed by atoms with Crippen molar-refractivity contribution in [2.45, 2.75) is 18.2 Å². The number of hydrogen-bond acceptors (Lipinski definition) is 6. The van der Waals surface area contributed by atoms with Gasteiger partial charge in [-0.25, -0.2) is 13.1 Å². The fourth-order valence-electron chi connectivity index (χ4n) is 3.95. The van der Waals surface area contributed by atoms with E-state index in [1.807, 2.05) is 37.3 Å². The lowest BCUT2D eigenvalue weighted by Gasteiger charge is -2.33. The van der Waals surface area contributed by atoms with Crippen molar-refractivity contribution in [3.63, 3.8) is 0 Å². The predicted molar refractivity (Wildman–Crippen MR) is 121 cm³/mol. The lowest BCUT2D eigenvalue weighted by atomic mass is 10.1. The zero-order valence-corrected chi connectivity index (χ0v) is 18.8. The van der Waals surface area contributed by atoms with E-state index in [-0.39, 0.29) is 37.0 Å². The number of hydrogen-bond donors (Lipinski definition) is 0. The number of nitrogens with zero attached hydrogens (tertiary/aromatic N) is 5. The molecule has 1 aliphatic heterocycles. The van der Waals surface area contributed by atoms with Gasteiger partial charge in [-0.05, 0) is 24.6 Å². The van der Waals surface area contributed by atoms with Crippen LogP contribution in [0.4, 0.5) is 5.69 Å². The predicted octanol–water partition coefficient (Wildman–Crippen LogP) is 2.49. The molecule has 0 aliphatic carbocycles. The van der Waals surface area contributed by atoms with Crippen molar-refractivity contribution in [1.82, 2.24) is 19.0 Å². The second kappa shape index (κ2) is 9.12. The summed E-state index contributed by atoms with van der Waals surface area (Å²) in [6.45, 7) is 2.41. The number of benzene rings is 2. The number of nitro benzene ring substituents is 1. The third-order valence-electron chi connectivity index (χ3n) is 5.64. The number of carbonyl (C=O) groups is 1. The summed E-state index contributed by atoms with van der Waals surface area (Å²) >= 11 is 0. The Hall–Kier alpha value is -3.57. The van der Waals surface area contributed by atoms with Crippen molar-refractivity contribution in [2.75, 3.05) is 26.2 Å². The first kappa shape index (κ1) is 22.6. The minimum absolute atomic E-state index is 0.0500. The van der Waals surface area contributed by atoms with Crippen molar-refractivity contribution in [3.8, 4) is 5.69 Å². The summed E-state index contributed by atoms with van der Waals surface area (Å²) in [6, 6.07) is 14.8. The zero-order valence-electron chi connectivity index (χ0n) is 18.0. The van der Waals surface area contributed by atoms with Crippen LogP contribution in [0.1, 0.15) is 23.0 Å². The van der Waals surface area contributed by atoms with E-state index >= 15 is 0 Å². The molecule has 1 amide bonds. The molecule has 33 heavy (non-hydrogen) atoms. The molecule has 1 aliphatic rings. The van der Waals surface area contributed by atoms with Crippen molar-refractivity contribution in [2.24, 2.45) is 0 Å². The van der Waals surface area contributed by atoms with Gasteiger partial charge in [0, 0.05) is 32.2 Å². The Kier molecular flexibility index (Phi) is 6.25. The van der Waals surface area contributed by atoms with Gasteiger partial charge in [0.15, 0.2) is 4.90 Å². The molecular formula is C22H23N5O5S. The van der Waals surface area contributed by atoms with E-state index in [9.17, 15) is 23.3 Å². The first-order valence-electron chi connectivity index (χ1n) is 10.5. The van der Waals surface area contributed by atoms with Gasteiger partial charge >= 0.3 is 0 Å². The first-order valence-corrected chi connectivity index (χ1v) is 11.9. The smallest absolute Gasteiger partial charge is 0.289 e. The molecule has 0 radical (unpaired) electrons. The number of amides is 1. The van der Waals surface area contributed by atoms with Crippen LogP contribution in [0.15, 0.2) is 65.7 Å². The summed E-state index contributed by atoms with van der Waals surface area (Å²) in [6.07, 6.45) is 2.15. The molecule has 0 N–H and O–H groups in total. The molecule has 1 saturated heterocycles. The lowest BCUT2D eigenvalue weighted by molar-refractivity contribution is -0.387. The first-order chi connectivity index (χ1) is 15.8. The Morgan fingerprint density at radius 3 is 2.30 bits per heavy atom. The molecule has 0 atom stereocenters. The maximum Gasteiger partial charge on any atom is 0.289 e. The van der Waals surface area contributed by atoms with Crippen molar-refractivity contribution >= 4 is 21.6 Å². The van der Waals surface area contributed by atoms with Gasteiger partial charge in [-0.15, -0.1) is 0 Å². The van der Waals surface area contributed by atoms with E-state index in [0.717, 1.165) is 11.4 Å². The van der Waals surface area contributed by atoms with Crippen LogP contribution in [-0.4, -0.2) is 64.4 Å². The normalized spacial score (nSPS) is 14.9. The Labute approximate surface area is 191 Å². The van der Waals surface area contributed by atoms with E-state index in [0.29, 0.717) is 12.0 Å². The van der Waals surface area contributed by atoms with Gasteiger partial charge < -0.3 is 4.90 Å². The van der Waals surface area contributed by atoms with Crippen LogP contribution in [0.3, 0.4) is 0 Å². The van der Waals surface area contributed by atoms with E-state index < -0.39 is 20.6 Å². The average molecular weight is 470 g/mol. The monoisotopic (exact) mass is 469 g/mol. The fourth-order valence-corrected chi connectivity index (χ4v) is 5.53. The lowest BCUT2D eigenvalue weighted by Crippen LogP contribution is -2.50. The SMILES string of the molecule is CCc1c(C(=O)N2CCN(S(=O)(=O)c3ccccc3[N+](=O)[O-])CC2)cnn1-c1ccccc1. The zero-order chi connectivity index (χ0) is 23.6. The van der Waals surface area contributed by atoms with Crippen molar-refractivity contribution in [3.05, 3.63) is 82.2 Å². The van der Waals surface area contributed by atoms with E-state index in [1.54, 1.807) is 15.8 Å². The number of nitro groups is 1. The number of rotatable bonds is 6. The second-order valence-corrected chi connectivity index (χ2v) is 9.43. The Morgan fingerprint density at radius 2 is 1.67 bits per heavy atom. The van der Waals surface area contributed by atoms with Crippen LogP contribution < -0.4 is 0 Å². The van der Waals surface area contributed by atoms with Crippen LogP contribution in [0.25, 0.3) is 5.69 Å². The molecule has 10 nitrogen and oxygen atoms in total. The minimum atomic E-state index is -4.06. The number of para-hydroxylation sites is 2. The molecule has 0 saturated carbocycles. The number of sulfonamides is 1. The maximum absolute atomic E-state index is 13.2. The fraction of sp³-hybridized carbons (Fsp3) is 0.273. The highest BCUT2D eigenvalue weighted by molar-refractivity contribution is 7.89. The van der Waals surface area contributed by atoms with Gasteiger partial charge in [-0.2, -0.15) is 9.40 Å². The largest absolute Gasteiger partial charge is 0.336 e. The number of piperazine rings is 1. The minimum Gasteiger partial charge on any atom is -0.336 e. The van der Waals surface area contributed by atoms with Crippen molar-refractivity contribution in [1.29, 1.82) is 0 Å². The van der Waals surface area contributed by atoms with E-state index in [1.165, 1.54) is 28.6 Å². The van der Waals surface area contributed by atoms with Gasteiger partial charge in [-0.1, -0.05) is 37.3 Å². The topological polar surface area (TPSA) is 119 Å². The molecule has 172 valence electrons. The highest BCUT2D eigenvalue weighted by Crippen LogP contribution is 2.27. The van der Waals surface area contributed by atoms with Gasteiger partial charge in [0.1, 0.15) is 0 Å². The molecular weight excluding hydrogens is 446 g/mol. The second-order valence-electron chi connectivity index (χ2n) is 7.53. The average Bonchev–Trinajstić information content (AvgIpc) is 3.28. The summed E-state index contributed by atoms with van der Waals surface area (Å²) in [5.74, 6) is -0.211. The molecule has 2 heterocycles. The highest BCUT2D eigenvalue weighted by atomic mass is 32.2. The Morgan fingerprint density at radius 1 is 1.03 bits per heavy atom. The van der Waals surface area contributed by atoms with Crippen LogP contribution in [0.5, 0.6) is 0 Å². The Balaban J connectivity index is 1.52. The van der Waals surface area contributed by atoms with Crippen LogP contribution >= 0.6 is 0 Å².